The van der Waals surface area contributed by atoms with Gasteiger partial charge in [-0.3, -0.25) is 9.59 Å². The van der Waals surface area contributed by atoms with Crippen molar-refractivity contribution < 1.29 is 19.5 Å². The summed E-state index contributed by atoms with van der Waals surface area (Å²) in [5, 5.41) is 12.1. The van der Waals surface area contributed by atoms with Crippen molar-refractivity contribution in [3.63, 3.8) is 0 Å². The second-order valence-electron chi connectivity index (χ2n) is 6.21. The highest BCUT2D eigenvalue weighted by Crippen LogP contribution is 2.28. The number of piperidine rings is 1. The molecule has 2 unspecified atom stereocenters. The highest BCUT2D eigenvalue weighted by molar-refractivity contribution is 6.33. The molecular formula is C17H22ClN3O4. The quantitative estimate of drug-likeness (QED) is 0.834. The van der Waals surface area contributed by atoms with Crippen LogP contribution in [0.1, 0.15) is 19.8 Å². The molecule has 1 aromatic rings. The zero-order valence-corrected chi connectivity index (χ0v) is 15.0. The SMILES string of the molecule is CC(CN(C)C(=O)NC1CCCN(c2ccccc2Cl)C1=O)C(=O)O. The van der Waals surface area contributed by atoms with Gasteiger partial charge in [-0.25, -0.2) is 4.79 Å². The Kier molecular flexibility index (Phi) is 6.25. The fourth-order valence-corrected chi connectivity index (χ4v) is 2.99. The van der Waals surface area contributed by atoms with Gasteiger partial charge in [0.2, 0.25) is 5.91 Å². The Balaban J connectivity index is 2.02. The maximum absolute atomic E-state index is 12.7. The van der Waals surface area contributed by atoms with E-state index in [0.717, 1.165) is 6.42 Å². The number of urea groups is 1. The average Bonchev–Trinajstić information content (AvgIpc) is 2.57. The first kappa shape index (κ1) is 19.1. The van der Waals surface area contributed by atoms with E-state index in [4.69, 9.17) is 16.7 Å². The minimum atomic E-state index is -0.974. The summed E-state index contributed by atoms with van der Waals surface area (Å²) in [6.45, 7) is 2.13. The van der Waals surface area contributed by atoms with Gasteiger partial charge in [0.1, 0.15) is 6.04 Å². The number of para-hydroxylation sites is 1. The molecule has 0 aromatic heterocycles. The van der Waals surface area contributed by atoms with Crippen molar-refractivity contribution in [3.05, 3.63) is 29.3 Å². The molecule has 0 spiro atoms. The largest absolute Gasteiger partial charge is 0.481 e. The Hall–Kier alpha value is -2.28. The van der Waals surface area contributed by atoms with Crippen molar-refractivity contribution in [2.24, 2.45) is 5.92 Å². The summed E-state index contributed by atoms with van der Waals surface area (Å²) >= 11 is 6.17. The standard InChI is InChI=1S/C17H22ClN3O4/c1-11(16(23)24)10-20(2)17(25)19-13-7-5-9-21(15(13)22)14-8-4-3-6-12(14)18/h3-4,6,8,11,13H,5,7,9-10H2,1-2H3,(H,19,25)(H,23,24). The Morgan fingerprint density at radius 2 is 2.12 bits per heavy atom. The number of hydrogen-bond donors (Lipinski definition) is 2. The molecule has 2 atom stereocenters. The lowest BCUT2D eigenvalue weighted by molar-refractivity contribution is -0.141. The number of benzene rings is 1. The molecule has 2 rings (SSSR count). The number of aliphatic carboxylic acids is 1. The number of amides is 3. The predicted molar refractivity (Wildman–Crippen MR) is 94.8 cm³/mol. The number of rotatable bonds is 5. The molecule has 2 N–H and O–H groups in total. The van der Waals surface area contributed by atoms with E-state index in [1.54, 1.807) is 29.2 Å². The van der Waals surface area contributed by atoms with Crippen molar-refractivity contribution in [2.75, 3.05) is 25.0 Å². The third-order valence-corrected chi connectivity index (χ3v) is 4.52. The van der Waals surface area contributed by atoms with Crippen molar-refractivity contribution in [1.29, 1.82) is 0 Å². The van der Waals surface area contributed by atoms with Crippen LogP contribution >= 0.6 is 11.6 Å². The number of halogens is 1. The van der Waals surface area contributed by atoms with Crippen molar-refractivity contribution >= 4 is 35.2 Å². The van der Waals surface area contributed by atoms with Crippen molar-refractivity contribution in [1.82, 2.24) is 10.2 Å². The van der Waals surface area contributed by atoms with Gasteiger partial charge in [-0.2, -0.15) is 0 Å². The Labute approximate surface area is 151 Å². The topological polar surface area (TPSA) is 90.0 Å². The Bertz CT molecular complexity index is 667. The van der Waals surface area contributed by atoms with Crippen molar-refractivity contribution in [3.8, 4) is 0 Å². The number of carboxylic acid groups (broad SMARTS) is 1. The second-order valence-corrected chi connectivity index (χ2v) is 6.61. The lowest BCUT2D eigenvalue weighted by Gasteiger charge is -2.34. The normalized spacial score (nSPS) is 18.6. The molecule has 0 saturated carbocycles. The zero-order valence-electron chi connectivity index (χ0n) is 14.2. The van der Waals surface area contributed by atoms with Crippen LogP contribution in [0.5, 0.6) is 0 Å². The Morgan fingerprint density at radius 3 is 2.76 bits per heavy atom. The van der Waals surface area contributed by atoms with E-state index in [0.29, 0.717) is 23.7 Å². The number of nitrogens with one attached hydrogen (secondary N) is 1. The van der Waals surface area contributed by atoms with Crippen LogP contribution in [0.3, 0.4) is 0 Å². The van der Waals surface area contributed by atoms with Crippen LogP contribution in [0, 0.1) is 5.92 Å². The maximum atomic E-state index is 12.7. The smallest absolute Gasteiger partial charge is 0.317 e. The second kappa shape index (κ2) is 8.20. The number of carbonyl (C=O) groups excluding carboxylic acids is 2. The molecule has 7 nitrogen and oxygen atoms in total. The van der Waals surface area contributed by atoms with Crippen LogP contribution in [0.15, 0.2) is 24.3 Å². The van der Waals surface area contributed by atoms with Crippen LogP contribution < -0.4 is 10.2 Å². The number of carbonyl (C=O) groups is 3. The summed E-state index contributed by atoms with van der Waals surface area (Å²) in [4.78, 5) is 38.7. The molecular weight excluding hydrogens is 346 g/mol. The van der Waals surface area contributed by atoms with Crippen LogP contribution in [0.2, 0.25) is 5.02 Å². The van der Waals surface area contributed by atoms with Crippen LogP contribution in [-0.4, -0.2) is 54.1 Å². The summed E-state index contributed by atoms with van der Waals surface area (Å²) in [7, 11) is 1.51. The monoisotopic (exact) mass is 367 g/mol. The Morgan fingerprint density at radius 1 is 1.44 bits per heavy atom. The van der Waals surface area contributed by atoms with Gasteiger partial charge in [0.05, 0.1) is 16.6 Å². The lowest BCUT2D eigenvalue weighted by Crippen LogP contribution is -2.55. The van der Waals surface area contributed by atoms with E-state index in [9.17, 15) is 14.4 Å². The van der Waals surface area contributed by atoms with Gasteiger partial charge in [-0.05, 0) is 25.0 Å². The summed E-state index contributed by atoms with van der Waals surface area (Å²) in [6.07, 6.45) is 1.27. The van der Waals surface area contributed by atoms with Crippen LogP contribution in [0.4, 0.5) is 10.5 Å². The number of carboxylic acids is 1. The third kappa shape index (κ3) is 4.63. The highest BCUT2D eigenvalue weighted by atomic mass is 35.5. The van der Waals surface area contributed by atoms with Gasteiger partial charge in [-0.15, -0.1) is 0 Å². The molecule has 3 amide bonds. The minimum absolute atomic E-state index is 0.0658. The molecule has 1 aromatic carbocycles. The maximum Gasteiger partial charge on any atom is 0.317 e. The van der Waals surface area contributed by atoms with Crippen molar-refractivity contribution in [2.45, 2.75) is 25.8 Å². The third-order valence-electron chi connectivity index (χ3n) is 4.20. The summed E-state index contributed by atoms with van der Waals surface area (Å²) in [5.74, 6) is -1.87. The van der Waals surface area contributed by atoms with Crippen LogP contribution in [0.25, 0.3) is 0 Å². The van der Waals surface area contributed by atoms with Gasteiger partial charge in [-0.1, -0.05) is 30.7 Å². The van der Waals surface area contributed by atoms with E-state index in [1.807, 2.05) is 0 Å². The zero-order chi connectivity index (χ0) is 18.6. The van der Waals surface area contributed by atoms with Gasteiger partial charge in [0.15, 0.2) is 0 Å². The molecule has 25 heavy (non-hydrogen) atoms. The number of nitrogens with zero attached hydrogens (tertiary/aromatic N) is 2. The van der Waals surface area contributed by atoms with E-state index >= 15 is 0 Å². The lowest BCUT2D eigenvalue weighted by atomic mass is 10.0. The molecule has 1 fully saturated rings. The average molecular weight is 368 g/mol. The molecule has 0 aliphatic carbocycles. The molecule has 1 aliphatic heterocycles. The fraction of sp³-hybridized carbons (Fsp3) is 0.471. The molecule has 1 aliphatic rings. The molecule has 0 bridgehead atoms. The summed E-state index contributed by atoms with van der Waals surface area (Å²) < 4.78 is 0. The molecule has 1 saturated heterocycles. The van der Waals surface area contributed by atoms with Gasteiger partial charge in [0.25, 0.3) is 0 Å². The predicted octanol–water partition coefficient (Wildman–Crippen LogP) is 2.20. The number of hydrogen-bond acceptors (Lipinski definition) is 3. The summed E-state index contributed by atoms with van der Waals surface area (Å²) in [5.41, 5.74) is 0.626. The van der Waals surface area contributed by atoms with Gasteiger partial charge in [0, 0.05) is 20.1 Å². The van der Waals surface area contributed by atoms with E-state index in [-0.39, 0.29) is 12.5 Å². The first-order valence-corrected chi connectivity index (χ1v) is 8.49. The number of anilines is 1. The summed E-state index contributed by atoms with van der Waals surface area (Å²) in [6, 6.07) is 5.96. The van der Waals surface area contributed by atoms with E-state index in [2.05, 4.69) is 5.32 Å². The van der Waals surface area contributed by atoms with E-state index in [1.165, 1.54) is 18.9 Å². The first-order valence-electron chi connectivity index (χ1n) is 8.11. The highest BCUT2D eigenvalue weighted by Gasteiger charge is 2.32. The van der Waals surface area contributed by atoms with Crippen LogP contribution in [-0.2, 0) is 9.59 Å². The van der Waals surface area contributed by atoms with Gasteiger partial charge < -0.3 is 20.2 Å². The van der Waals surface area contributed by atoms with E-state index < -0.39 is 24.0 Å². The molecule has 0 radical (unpaired) electrons. The molecule has 136 valence electrons. The molecule has 1 heterocycles. The minimum Gasteiger partial charge on any atom is -0.481 e. The van der Waals surface area contributed by atoms with Gasteiger partial charge >= 0.3 is 12.0 Å². The molecule has 8 heteroatoms. The first-order chi connectivity index (χ1) is 11.8. The fourth-order valence-electron chi connectivity index (χ4n) is 2.75.